The quantitative estimate of drug-likeness (QED) is 0.160. The Kier molecular flexibility index (Phi) is 7.79. The second-order valence-electron chi connectivity index (χ2n) is 10.2. The highest BCUT2D eigenvalue weighted by atomic mass is 32.5. The van der Waals surface area contributed by atoms with Crippen LogP contribution in [-0.2, 0) is 51.2 Å². The van der Waals surface area contributed by atoms with Crippen LogP contribution < -0.4 is 33.0 Å². The van der Waals surface area contributed by atoms with Gasteiger partial charge < -0.3 is 39.8 Å². The molecule has 2 bridgehead atoms. The number of rotatable bonds is 2. The summed E-state index contributed by atoms with van der Waals surface area (Å²) in [4.78, 5) is 52.1. The molecule has 0 aromatic carbocycles. The second-order valence-corrected chi connectivity index (χ2v) is 15.8. The van der Waals surface area contributed by atoms with Gasteiger partial charge in [0.2, 0.25) is 12.2 Å². The number of nitrogens with zero attached hydrogens (tertiary/aromatic N) is 6. The number of alkyl halides is 3. The predicted octanol–water partition coefficient (Wildman–Crippen LogP) is -0.728. The van der Waals surface area contributed by atoms with Gasteiger partial charge in [-0.25, -0.2) is 24.4 Å². The molecule has 0 aliphatic carbocycles. The van der Waals surface area contributed by atoms with Crippen LogP contribution in [0.1, 0.15) is 6.23 Å². The molecule has 0 saturated carbocycles. The van der Waals surface area contributed by atoms with Crippen LogP contribution in [0, 0.1) is 0 Å². The number of aromatic nitrogens is 6. The Morgan fingerprint density at radius 1 is 1.07 bits per heavy atom. The highest BCUT2D eigenvalue weighted by Gasteiger charge is 2.65. The summed E-state index contributed by atoms with van der Waals surface area (Å²) < 4.78 is 81.7. The lowest BCUT2D eigenvalue weighted by Crippen LogP contribution is -2.54. The van der Waals surface area contributed by atoms with Crippen molar-refractivity contribution in [3.05, 3.63) is 23.0 Å². The zero-order valence-electron chi connectivity index (χ0n) is 22.5. The number of halogens is 3. The minimum atomic E-state index is -4.60. The highest BCUT2D eigenvalue weighted by Crippen LogP contribution is 2.56. The first kappa shape index (κ1) is 31.9. The fraction of sp³-hybridized carbons (Fsp3) is 0.526. The van der Waals surface area contributed by atoms with Crippen molar-refractivity contribution in [2.24, 2.45) is 0 Å². The molecule has 0 spiro atoms. The first-order valence-electron chi connectivity index (χ1n) is 12.9. The first-order valence-corrected chi connectivity index (χ1v) is 18.1. The van der Waals surface area contributed by atoms with Gasteiger partial charge in [-0.15, -0.1) is 5.53 Å². The number of nitrogens with one attached hydrogen (secondary N) is 3. The van der Waals surface area contributed by atoms with Crippen LogP contribution >= 0.6 is 13.4 Å². The molecule has 9 N–H and O–H groups in total. The Labute approximate surface area is 263 Å². The molecule has 0 radical (unpaired) electrons. The third-order valence-corrected chi connectivity index (χ3v) is 10.4. The van der Waals surface area contributed by atoms with E-state index in [0.717, 1.165) is 22.2 Å². The van der Waals surface area contributed by atoms with Crippen LogP contribution in [0.15, 0.2) is 17.4 Å². The predicted molar refractivity (Wildman–Crippen MR) is 155 cm³/mol. The molecule has 46 heavy (non-hydrogen) atoms. The average molecular weight is 732 g/mol. The first-order chi connectivity index (χ1) is 21.6. The number of nitrogen functional groups attached to an aromatic ring is 2. The Balaban J connectivity index is 1.20. The number of imidazole rings is 1. The molecule has 0 amide bonds. The molecule has 9 atom stereocenters. The van der Waals surface area contributed by atoms with E-state index < -0.39 is 81.2 Å². The van der Waals surface area contributed by atoms with E-state index in [-0.39, 0.29) is 34.4 Å². The lowest BCUT2D eigenvalue weighted by molar-refractivity contribution is -0.110. The van der Waals surface area contributed by atoms with E-state index in [1.165, 1.54) is 0 Å². The molecular weight excluding hydrogens is 709 g/mol. The Morgan fingerprint density at radius 2 is 1.78 bits per heavy atom. The van der Waals surface area contributed by atoms with Crippen molar-refractivity contribution in [1.82, 2.24) is 35.0 Å². The molecule has 3 aromatic rings. The molecule has 3 saturated heterocycles. The van der Waals surface area contributed by atoms with Gasteiger partial charge in [0.15, 0.2) is 41.3 Å². The van der Waals surface area contributed by atoms with Gasteiger partial charge in [0.1, 0.15) is 30.3 Å². The molecule has 20 nitrogen and oxygen atoms in total. The number of fused-ring (bicyclic) bond motifs is 5. The third-order valence-electron chi connectivity index (χ3n) is 7.27. The smallest absolute Gasteiger partial charge is 0.325 e. The molecule has 4 aliphatic rings. The summed E-state index contributed by atoms with van der Waals surface area (Å²) in [5.41, 5.74) is 15.5. The van der Waals surface area contributed by atoms with E-state index in [9.17, 15) is 14.6 Å². The second kappa shape index (κ2) is 11.2. The van der Waals surface area contributed by atoms with E-state index in [4.69, 9.17) is 62.6 Å². The number of hydrogen-bond donors (Lipinski definition) is 7. The van der Waals surface area contributed by atoms with Crippen molar-refractivity contribution in [3.63, 3.8) is 0 Å². The van der Waals surface area contributed by atoms with Gasteiger partial charge in [0.25, 0.3) is 5.56 Å². The zero-order valence-corrected chi connectivity index (χ0v) is 26.0. The third kappa shape index (κ3) is 5.43. The van der Waals surface area contributed by atoms with Crippen molar-refractivity contribution < 1.29 is 50.5 Å². The average Bonchev–Trinajstić information content (AvgIpc) is 3.71. The van der Waals surface area contributed by atoms with Crippen molar-refractivity contribution >= 4 is 71.5 Å². The number of H-pyrrole nitrogens is 1. The van der Waals surface area contributed by atoms with Gasteiger partial charge >= 0.3 is 19.4 Å². The summed E-state index contributed by atoms with van der Waals surface area (Å²) in [5.74, 6) is -4.45. The maximum Gasteiger partial charge on any atom is 0.325 e. The fourth-order valence-electron chi connectivity index (χ4n) is 5.23. The van der Waals surface area contributed by atoms with Crippen molar-refractivity contribution in [2.45, 2.75) is 49.0 Å². The Bertz CT molecular complexity index is 1860. The van der Waals surface area contributed by atoms with E-state index in [2.05, 4.69) is 35.9 Å². The van der Waals surface area contributed by atoms with Crippen molar-refractivity contribution in [3.8, 4) is 0 Å². The summed E-state index contributed by atoms with van der Waals surface area (Å²) >= 11 is 10.1. The maximum absolute atomic E-state index is 16.0. The molecule has 3 fully saturated rings. The van der Waals surface area contributed by atoms with E-state index in [1.54, 1.807) is 0 Å². The van der Waals surface area contributed by atoms with Crippen LogP contribution in [0.2, 0.25) is 0 Å². The van der Waals surface area contributed by atoms with Gasteiger partial charge in [-0.05, 0) is 23.6 Å². The normalized spacial score (nSPS) is 37.6. The SMILES string of the molecule is Nc1nc2c(ncn2[C@@H]2O[C@@H]3COP(O)(=S)O[C@@H]4[C@@H](COP(O)(=S)O[C@@H]2[C@@H]3F)O[C@@H](N2NNc3c(N)ncnc32)C4(F)F)c(=O)[nH]1. The molecule has 7 heterocycles. The van der Waals surface area contributed by atoms with Gasteiger partial charge in [-0.3, -0.25) is 28.8 Å². The van der Waals surface area contributed by atoms with E-state index in [0.29, 0.717) is 0 Å². The molecule has 250 valence electrons. The molecule has 4 aliphatic heterocycles. The molecule has 3 aromatic heterocycles. The largest absolute Gasteiger partial charge is 0.382 e. The number of hydrogen-bond acceptors (Lipinski definition) is 18. The van der Waals surface area contributed by atoms with Crippen molar-refractivity contribution in [2.75, 3.05) is 35.1 Å². The summed E-state index contributed by atoms with van der Waals surface area (Å²) in [7, 11) is 0. The number of hydrazine groups is 2. The van der Waals surface area contributed by atoms with Crippen LogP contribution in [0.3, 0.4) is 0 Å². The Morgan fingerprint density at radius 3 is 2.54 bits per heavy atom. The summed E-state index contributed by atoms with van der Waals surface area (Å²) in [6, 6.07) is 0. The van der Waals surface area contributed by atoms with Crippen molar-refractivity contribution in [1.29, 1.82) is 0 Å². The van der Waals surface area contributed by atoms with Crippen LogP contribution in [-0.4, -0.2) is 95.2 Å². The lowest BCUT2D eigenvalue weighted by atomic mass is 10.1. The number of anilines is 4. The molecular formula is C19H22F3N11O9P2S2. The number of nitrogens with two attached hydrogens (primary N) is 2. The van der Waals surface area contributed by atoms with Crippen LogP contribution in [0.4, 0.5) is 36.4 Å². The fourth-order valence-corrected chi connectivity index (χ4v) is 8.06. The van der Waals surface area contributed by atoms with E-state index >= 15 is 13.2 Å². The van der Waals surface area contributed by atoms with Crippen LogP contribution in [0.5, 0.6) is 0 Å². The molecule has 2 unspecified atom stereocenters. The zero-order chi connectivity index (χ0) is 32.8. The van der Waals surface area contributed by atoms with Crippen LogP contribution in [0.25, 0.3) is 11.2 Å². The Hall–Kier alpha value is -2.64. The lowest BCUT2D eigenvalue weighted by Gasteiger charge is -2.30. The van der Waals surface area contributed by atoms with Gasteiger partial charge in [-0.1, -0.05) is 0 Å². The number of ether oxygens (including phenoxy) is 2. The van der Waals surface area contributed by atoms with Gasteiger partial charge in [0, 0.05) is 0 Å². The molecule has 7 rings (SSSR count). The minimum Gasteiger partial charge on any atom is -0.382 e. The monoisotopic (exact) mass is 731 g/mol. The summed E-state index contributed by atoms with van der Waals surface area (Å²) in [6.07, 6.45) is -11.2. The van der Waals surface area contributed by atoms with E-state index in [1.807, 2.05) is 0 Å². The minimum absolute atomic E-state index is 0.0584. The standard InChI is InChI=1S/C19H22F3N11O9P2S2/c20-7-5-1-37-44(36,46)42-11-6(40-17(19(11,21)22)33-13-8(30-31-33)12(23)25-3-26-13)2-38-43(35,45)41-10(7)16(39-5)32-4-27-9-14(32)28-18(24)29-15(9)34/h3-7,10-11,16-17,30-31H,1-2H2,(H,35,45)(H,36,46)(H2,23,25,26)(H3,24,28,29,34)/t5-,6-,7-,10-,11-,16-,17-,43?,44?/m1/s1. The summed E-state index contributed by atoms with van der Waals surface area (Å²) in [6.45, 7) is -10.8. The van der Waals surface area contributed by atoms with Gasteiger partial charge in [0.05, 0.1) is 19.5 Å². The maximum atomic E-state index is 16.0. The number of aromatic amines is 1. The van der Waals surface area contributed by atoms with Gasteiger partial charge in [-0.2, -0.15) is 13.8 Å². The topological polar surface area (TPSA) is 265 Å². The molecule has 27 heteroatoms. The highest BCUT2D eigenvalue weighted by molar-refractivity contribution is 8.07. The summed E-state index contributed by atoms with van der Waals surface area (Å²) in [5, 5.41) is 0.799.